The number of ether oxygens (including phenoxy) is 1. The third-order valence-corrected chi connectivity index (χ3v) is 2.97. The maximum absolute atomic E-state index is 10.8. The molecule has 5 N–H and O–H groups in total. The van der Waals surface area contributed by atoms with E-state index in [0.29, 0.717) is 0 Å². The maximum Gasteiger partial charge on any atom is 0.209 e. The zero-order chi connectivity index (χ0) is 15.5. The third kappa shape index (κ3) is 3.16. The van der Waals surface area contributed by atoms with E-state index < -0.39 is 55.2 Å². The first-order valence-corrected chi connectivity index (χ1v) is 5.57. The number of aliphatic carboxylic acids is 1. The van der Waals surface area contributed by atoms with Crippen molar-refractivity contribution in [3.63, 3.8) is 0 Å². The van der Waals surface area contributed by atoms with Gasteiger partial charge in [-0.15, -0.1) is 0 Å². The van der Waals surface area contributed by atoms with E-state index in [1.54, 1.807) is 0 Å². The molecule has 11 nitrogen and oxygen atoms in total. The van der Waals surface area contributed by atoms with Crippen molar-refractivity contribution >= 4 is 5.97 Å². The van der Waals surface area contributed by atoms with E-state index in [4.69, 9.17) is 15.4 Å². The molecule has 0 aliphatic carbocycles. The highest BCUT2D eigenvalue weighted by molar-refractivity contribution is 5.73. The van der Waals surface area contributed by atoms with Crippen molar-refractivity contribution in [3.05, 3.63) is 10.4 Å². The van der Waals surface area contributed by atoms with Gasteiger partial charge in [0.15, 0.2) is 0 Å². The first-order valence-electron chi connectivity index (χ1n) is 5.57. The van der Waals surface area contributed by atoms with Crippen molar-refractivity contribution in [2.75, 3.05) is 6.61 Å². The zero-order valence-electron chi connectivity index (χ0n) is 10.1. The molecule has 20 heavy (non-hydrogen) atoms. The molecule has 114 valence electrons. The topological polar surface area (TPSA) is 199 Å². The van der Waals surface area contributed by atoms with Gasteiger partial charge in [-0.25, -0.2) is 0 Å². The van der Waals surface area contributed by atoms with Gasteiger partial charge in [-0.2, -0.15) is 0 Å². The fourth-order valence-electron chi connectivity index (χ4n) is 1.90. The summed E-state index contributed by atoms with van der Waals surface area (Å²) in [7, 11) is 0. The molecule has 1 aliphatic heterocycles. The molecule has 1 aliphatic rings. The Morgan fingerprint density at radius 3 is 2.65 bits per heavy atom. The van der Waals surface area contributed by atoms with Crippen LogP contribution in [0.15, 0.2) is 5.11 Å². The van der Waals surface area contributed by atoms with Crippen LogP contribution in [0.5, 0.6) is 0 Å². The Balaban J connectivity index is 3.10. The van der Waals surface area contributed by atoms with Crippen LogP contribution in [0.1, 0.15) is 6.42 Å². The summed E-state index contributed by atoms with van der Waals surface area (Å²) >= 11 is 0. The summed E-state index contributed by atoms with van der Waals surface area (Å²) in [5.74, 6) is -4.98. The molecule has 1 saturated heterocycles. The summed E-state index contributed by atoms with van der Waals surface area (Å²) in [5, 5.41) is 61.1. The number of nitrogens with zero attached hydrogens (tertiary/aromatic N) is 3. The highest BCUT2D eigenvalue weighted by Crippen LogP contribution is 2.31. The minimum atomic E-state index is -2.91. The average molecular weight is 292 g/mol. The van der Waals surface area contributed by atoms with Gasteiger partial charge in [-0.3, -0.25) is 0 Å². The van der Waals surface area contributed by atoms with Crippen LogP contribution in [0.2, 0.25) is 0 Å². The molecule has 0 bridgehead atoms. The lowest BCUT2D eigenvalue weighted by molar-refractivity contribution is -0.373. The number of hydrogen-bond donors (Lipinski definition) is 5. The summed E-state index contributed by atoms with van der Waals surface area (Å²) in [5.41, 5.74) is 8.38. The second-order valence-corrected chi connectivity index (χ2v) is 4.36. The van der Waals surface area contributed by atoms with Crippen LogP contribution < -0.4 is 5.11 Å². The Morgan fingerprint density at radius 2 is 2.20 bits per heavy atom. The molecular weight excluding hydrogens is 278 g/mol. The number of carbonyl (C=O) groups excluding carboxylic acids is 1. The SMILES string of the molecule is [N-]=[N+]=N[C@H]1C(O)CC(O)(C(=O)[O-])OC1C(O)C(O)CO. The van der Waals surface area contributed by atoms with Gasteiger partial charge in [0.05, 0.1) is 18.8 Å². The number of aliphatic hydroxyl groups excluding tert-OH is 4. The second-order valence-electron chi connectivity index (χ2n) is 4.36. The van der Waals surface area contributed by atoms with Gasteiger partial charge in [0.1, 0.15) is 24.3 Å². The minimum Gasteiger partial charge on any atom is -0.544 e. The highest BCUT2D eigenvalue weighted by Gasteiger charge is 2.50. The van der Waals surface area contributed by atoms with E-state index >= 15 is 0 Å². The molecule has 11 heteroatoms. The molecule has 1 fully saturated rings. The van der Waals surface area contributed by atoms with Crippen LogP contribution in [0.25, 0.3) is 10.4 Å². The molecule has 0 aromatic carbocycles. The van der Waals surface area contributed by atoms with E-state index in [0.717, 1.165) is 0 Å². The van der Waals surface area contributed by atoms with Gasteiger partial charge in [0, 0.05) is 11.3 Å². The lowest BCUT2D eigenvalue weighted by Crippen LogP contribution is -2.65. The summed E-state index contributed by atoms with van der Waals surface area (Å²) in [6.07, 6.45) is -7.92. The monoisotopic (exact) mass is 292 g/mol. The fraction of sp³-hybridized carbons (Fsp3) is 0.889. The van der Waals surface area contributed by atoms with E-state index in [1.807, 2.05) is 0 Å². The molecule has 0 spiro atoms. The number of azide groups is 1. The molecule has 0 aromatic rings. The van der Waals surface area contributed by atoms with Crippen molar-refractivity contribution in [2.24, 2.45) is 5.11 Å². The molecular formula is C9H14N3O8-. The van der Waals surface area contributed by atoms with Crippen LogP contribution in [0.3, 0.4) is 0 Å². The van der Waals surface area contributed by atoms with Crippen molar-refractivity contribution < 1.29 is 40.2 Å². The Hall–Kier alpha value is -1.46. The third-order valence-electron chi connectivity index (χ3n) is 2.97. The van der Waals surface area contributed by atoms with Gasteiger partial charge in [0.25, 0.3) is 0 Å². The van der Waals surface area contributed by atoms with Crippen LogP contribution in [0.4, 0.5) is 0 Å². The lowest BCUT2D eigenvalue weighted by atomic mass is 9.89. The summed E-state index contributed by atoms with van der Waals surface area (Å²) in [6.45, 7) is -0.899. The first-order chi connectivity index (χ1) is 9.26. The lowest BCUT2D eigenvalue weighted by Gasteiger charge is -2.45. The minimum absolute atomic E-state index is 0.850. The van der Waals surface area contributed by atoms with Gasteiger partial charge in [-0.1, -0.05) is 5.11 Å². The van der Waals surface area contributed by atoms with Crippen molar-refractivity contribution in [1.29, 1.82) is 0 Å². The molecule has 1 rings (SSSR count). The Morgan fingerprint density at radius 1 is 1.60 bits per heavy atom. The van der Waals surface area contributed by atoms with Crippen molar-refractivity contribution in [1.82, 2.24) is 0 Å². The molecule has 0 amide bonds. The zero-order valence-corrected chi connectivity index (χ0v) is 10.1. The number of aliphatic hydroxyl groups is 5. The van der Waals surface area contributed by atoms with Crippen LogP contribution in [-0.2, 0) is 9.53 Å². The normalized spacial score (nSPS) is 36.8. The number of carboxylic acid groups (broad SMARTS) is 1. The van der Waals surface area contributed by atoms with Gasteiger partial charge in [0.2, 0.25) is 5.79 Å². The van der Waals surface area contributed by atoms with Crippen molar-refractivity contribution in [2.45, 2.75) is 42.7 Å². The standard InChI is InChI=1S/C9H15N3O8/c10-12-11-5-3(14)1-9(19,8(17)18)20-7(5)6(16)4(15)2-13/h3-7,13-16,19H,1-2H2,(H,17,18)/p-1/t3?,4?,5-,6?,7?,9?/m0/s1. The Kier molecular flexibility index (Phi) is 5.25. The van der Waals surface area contributed by atoms with E-state index in [9.17, 15) is 30.3 Å². The average Bonchev–Trinajstić information content (AvgIpc) is 2.39. The molecule has 5 unspecified atom stereocenters. The van der Waals surface area contributed by atoms with Crippen LogP contribution >= 0.6 is 0 Å². The van der Waals surface area contributed by atoms with Gasteiger partial charge < -0.3 is 40.2 Å². The van der Waals surface area contributed by atoms with Gasteiger partial charge >= 0.3 is 0 Å². The summed E-state index contributed by atoms with van der Waals surface area (Å²) < 4.78 is 4.70. The second kappa shape index (κ2) is 6.33. The van der Waals surface area contributed by atoms with Crippen LogP contribution in [0, 0.1) is 0 Å². The fourth-order valence-corrected chi connectivity index (χ4v) is 1.90. The van der Waals surface area contributed by atoms with E-state index in [-0.39, 0.29) is 0 Å². The maximum atomic E-state index is 10.8. The number of carbonyl (C=O) groups is 1. The number of rotatable bonds is 5. The quantitative estimate of drug-likeness (QED) is 0.191. The van der Waals surface area contributed by atoms with Gasteiger partial charge in [-0.05, 0) is 5.53 Å². The predicted octanol–water partition coefficient (Wildman–Crippen LogP) is -4.03. The summed E-state index contributed by atoms with van der Waals surface area (Å²) in [4.78, 5) is 13.2. The van der Waals surface area contributed by atoms with Crippen LogP contribution in [-0.4, -0.2) is 74.4 Å². The van der Waals surface area contributed by atoms with Crippen molar-refractivity contribution in [3.8, 4) is 0 Å². The Bertz CT molecular complexity index is 414. The molecule has 6 atom stereocenters. The molecule has 0 saturated carbocycles. The number of hydrogen-bond acceptors (Lipinski definition) is 9. The van der Waals surface area contributed by atoms with E-state index in [1.165, 1.54) is 0 Å². The molecule has 0 radical (unpaired) electrons. The summed E-state index contributed by atoms with van der Waals surface area (Å²) in [6, 6.07) is -1.46. The highest BCUT2D eigenvalue weighted by atomic mass is 16.7. The number of carboxylic acids is 1. The smallest absolute Gasteiger partial charge is 0.209 e. The largest absolute Gasteiger partial charge is 0.544 e. The predicted molar refractivity (Wildman–Crippen MR) is 57.5 cm³/mol. The Labute approximate surface area is 112 Å². The van der Waals surface area contributed by atoms with E-state index in [2.05, 4.69) is 10.0 Å². The first kappa shape index (κ1) is 16.6. The molecule has 1 heterocycles. The molecule has 0 aromatic heterocycles.